The van der Waals surface area contributed by atoms with E-state index >= 15 is 0 Å². The molecule has 0 bridgehead atoms. The highest BCUT2D eigenvalue weighted by Gasteiger charge is 2.09. The topological polar surface area (TPSA) is 0 Å². The number of hydrogen-bond donors (Lipinski definition) is 0. The van der Waals surface area contributed by atoms with E-state index in [9.17, 15) is 0 Å². The Morgan fingerprint density at radius 3 is 2.14 bits per heavy atom. The van der Waals surface area contributed by atoms with E-state index in [1.807, 2.05) is 0 Å². The van der Waals surface area contributed by atoms with Crippen molar-refractivity contribution in [1.29, 1.82) is 0 Å². The van der Waals surface area contributed by atoms with Crippen LogP contribution < -0.4 is 0 Å². The lowest BCUT2D eigenvalue weighted by Gasteiger charge is -2.08. The fourth-order valence-electron chi connectivity index (χ4n) is 2.10. The molecule has 1 aromatic rings. The summed E-state index contributed by atoms with van der Waals surface area (Å²) in [5, 5.41) is 0. The minimum Gasteiger partial charge on any atom is -0.0726 e. The Labute approximate surface area is 86.0 Å². The van der Waals surface area contributed by atoms with Crippen LogP contribution in [-0.4, -0.2) is 0 Å². The summed E-state index contributed by atoms with van der Waals surface area (Å²) in [6.07, 6.45) is 5.74. The fourth-order valence-corrected chi connectivity index (χ4v) is 2.10. The van der Waals surface area contributed by atoms with Gasteiger partial charge in [0.05, 0.1) is 0 Å². The van der Waals surface area contributed by atoms with Gasteiger partial charge in [-0.25, -0.2) is 0 Å². The highest BCUT2D eigenvalue weighted by atomic mass is 14.1. The number of rotatable bonds is 1. The second-order valence-electron chi connectivity index (χ2n) is 4.12. The normalized spacial score (nSPS) is 15.4. The molecule has 1 aromatic carbocycles. The SMILES string of the molecule is CC1=CC(c2c(C)cccc2C)=CC1. The highest BCUT2D eigenvalue weighted by Crippen LogP contribution is 2.30. The van der Waals surface area contributed by atoms with Crippen molar-refractivity contribution in [2.24, 2.45) is 0 Å². The standard InChI is InChI=1S/C14H16/c1-10-7-8-13(9-10)14-11(2)5-4-6-12(14)3/h4-6,8-9H,7H2,1-3H3. The van der Waals surface area contributed by atoms with Gasteiger partial charge in [-0.15, -0.1) is 0 Å². The predicted molar refractivity (Wildman–Crippen MR) is 62.3 cm³/mol. The van der Waals surface area contributed by atoms with Gasteiger partial charge in [0, 0.05) is 0 Å². The van der Waals surface area contributed by atoms with E-state index in [0.29, 0.717) is 0 Å². The van der Waals surface area contributed by atoms with Crippen LogP contribution in [0.15, 0.2) is 35.9 Å². The zero-order valence-corrected chi connectivity index (χ0v) is 9.09. The van der Waals surface area contributed by atoms with Gasteiger partial charge >= 0.3 is 0 Å². The van der Waals surface area contributed by atoms with E-state index in [-0.39, 0.29) is 0 Å². The fraction of sp³-hybridized carbons (Fsp3) is 0.286. The quantitative estimate of drug-likeness (QED) is 0.618. The highest BCUT2D eigenvalue weighted by molar-refractivity contribution is 5.80. The molecule has 0 saturated heterocycles. The second kappa shape index (κ2) is 3.45. The monoisotopic (exact) mass is 184 g/mol. The van der Waals surface area contributed by atoms with Crippen molar-refractivity contribution < 1.29 is 0 Å². The van der Waals surface area contributed by atoms with Crippen molar-refractivity contribution >= 4 is 5.57 Å². The van der Waals surface area contributed by atoms with Crippen molar-refractivity contribution in [2.45, 2.75) is 27.2 Å². The molecule has 0 heterocycles. The van der Waals surface area contributed by atoms with Gasteiger partial charge in [0.2, 0.25) is 0 Å². The maximum absolute atomic E-state index is 2.32. The van der Waals surface area contributed by atoms with Crippen LogP contribution >= 0.6 is 0 Å². The predicted octanol–water partition coefficient (Wildman–Crippen LogP) is 4.04. The number of hydrogen-bond acceptors (Lipinski definition) is 0. The van der Waals surface area contributed by atoms with Gasteiger partial charge in [-0.05, 0) is 49.5 Å². The second-order valence-corrected chi connectivity index (χ2v) is 4.12. The maximum atomic E-state index is 2.32. The number of benzene rings is 1. The lowest BCUT2D eigenvalue weighted by molar-refractivity contribution is 1.25. The van der Waals surface area contributed by atoms with Gasteiger partial charge < -0.3 is 0 Å². The van der Waals surface area contributed by atoms with Gasteiger partial charge in [-0.3, -0.25) is 0 Å². The van der Waals surface area contributed by atoms with Crippen molar-refractivity contribution in [3.8, 4) is 0 Å². The third-order valence-corrected chi connectivity index (χ3v) is 2.82. The Kier molecular flexibility index (Phi) is 2.28. The lowest BCUT2D eigenvalue weighted by Crippen LogP contribution is -1.89. The summed E-state index contributed by atoms with van der Waals surface area (Å²) >= 11 is 0. The summed E-state index contributed by atoms with van der Waals surface area (Å²) in [6, 6.07) is 6.50. The summed E-state index contributed by atoms with van der Waals surface area (Å²) in [5.41, 5.74) is 7.04. The van der Waals surface area contributed by atoms with Gasteiger partial charge in [-0.2, -0.15) is 0 Å². The average molecular weight is 184 g/mol. The molecule has 0 nitrogen and oxygen atoms in total. The van der Waals surface area contributed by atoms with Crippen LogP contribution in [0.5, 0.6) is 0 Å². The van der Waals surface area contributed by atoms with Gasteiger partial charge in [0.1, 0.15) is 0 Å². The molecule has 0 amide bonds. The van der Waals surface area contributed by atoms with Crippen molar-refractivity contribution in [3.05, 3.63) is 52.6 Å². The molecule has 1 aliphatic carbocycles. The van der Waals surface area contributed by atoms with Crippen LogP contribution in [0.3, 0.4) is 0 Å². The molecule has 0 heteroatoms. The Morgan fingerprint density at radius 2 is 1.64 bits per heavy atom. The summed E-state index contributed by atoms with van der Waals surface area (Å²) in [4.78, 5) is 0. The summed E-state index contributed by atoms with van der Waals surface area (Å²) < 4.78 is 0. The number of aryl methyl sites for hydroxylation is 2. The van der Waals surface area contributed by atoms with Crippen molar-refractivity contribution in [3.63, 3.8) is 0 Å². The maximum Gasteiger partial charge on any atom is -0.0129 e. The third kappa shape index (κ3) is 1.52. The summed E-state index contributed by atoms with van der Waals surface area (Å²) in [5.74, 6) is 0. The van der Waals surface area contributed by atoms with Crippen molar-refractivity contribution in [2.75, 3.05) is 0 Å². The Morgan fingerprint density at radius 1 is 1.00 bits per heavy atom. The molecule has 14 heavy (non-hydrogen) atoms. The molecular formula is C14H16. The Hall–Kier alpha value is -1.30. The van der Waals surface area contributed by atoms with E-state index in [1.54, 1.807) is 0 Å². The molecule has 0 saturated carbocycles. The first-order valence-corrected chi connectivity index (χ1v) is 5.12. The molecule has 0 aliphatic heterocycles. The average Bonchev–Trinajstić information content (AvgIpc) is 2.51. The van der Waals surface area contributed by atoms with Gasteiger partial charge in [0.15, 0.2) is 0 Å². The molecule has 0 fully saturated rings. The van der Waals surface area contributed by atoms with Crippen LogP contribution in [0.25, 0.3) is 5.57 Å². The minimum absolute atomic E-state index is 1.11. The van der Waals surface area contributed by atoms with Gasteiger partial charge in [0.25, 0.3) is 0 Å². The van der Waals surface area contributed by atoms with E-state index in [2.05, 4.69) is 51.1 Å². The van der Waals surface area contributed by atoms with Crippen LogP contribution in [0.2, 0.25) is 0 Å². The van der Waals surface area contributed by atoms with Crippen molar-refractivity contribution in [1.82, 2.24) is 0 Å². The first kappa shape index (κ1) is 9.26. The third-order valence-electron chi connectivity index (χ3n) is 2.82. The summed E-state index contributed by atoms with van der Waals surface area (Å²) in [6.45, 7) is 6.56. The minimum atomic E-state index is 1.11. The van der Waals surface area contributed by atoms with Crippen LogP contribution in [-0.2, 0) is 0 Å². The molecule has 1 aliphatic rings. The first-order chi connectivity index (χ1) is 6.68. The van der Waals surface area contributed by atoms with E-state index in [4.69, 9.17) is 0 Å². The smallest absolute Gasteiger partial charge is 0.0129 e. The molecular weight excluding hydrogens is 168 g/mol. The molecule has 0 unspecified atom stereocenters. The van der Waals surface area contributed by atoms with E-state index < -0.39 is 0 Å². The molecule has 0 atom stereocenters. The largest absolute Gasteiger partial charge is 0.0726 e. The molecule has 0 radical (unpaired) electrons. The van der Waals surface area contributed by atoms with Gasteiger partial charge in [-0.1, -0.05) is 35.9 Å². The molecule has 2 rings (SSSR count). The molecule has 72 valence electrons. The molecule has 0 aromatic heterocycles. The Bertz CT molecular complexity index is 399. The van der Waals surface area contributed by atoms with E-state index in [0.717, 1.165) is 6.42 Å². The van der Waals surface area contributed by atoms with Crippen LogP contribution in [0, 0.1) is 13.8 Å². The van der Waals surface area contributed by atoms with E-state index in [1.165, 1.54) is 27.8 Å². The van der Waals surface area contributed by atoms with Crippen LogP contribution in [0.1, 0.15) is 30.0 Å². The Balaban J connectivity index is 2.52. The lowest BCUT2D eigenvalue weighted by atomic mass is 9.96. The number of allylic oxidation sites excluding steroid dienone is 4. The zero-order valence-electron chi connectivity index (χ0n) is 9.09. The molecule has 0 N–H and O–H groups in total. The summed E-state index contributed by atoms with van der Waals surface area (Å²) in [7, 11) is 0. The first-order valence-electron chi connectivity index (χ1n) is 5.12. The molecule has 0 spiro atoms. The van der Waals surface area contributed by atoms with Crippen LogP contribution in [0.4, 0.5) is 0 Å². The zero-order chi connectivity index (χ0) is 10.1.